The normalized spacial score (nSPS) is 10.1. The maximum absolute atomic E-state index is 5.22. The van der Waals surface area contributed by atoms with Gasteiger partial charge in [0.15, 0.2) is 0 Å². The predicted octanol–water partition coefficient (Wildman–Crippen LogP) is 2.87. The minimum atomic E-state index is 0.574. The van der Waals surface area contributed by atoms with Gasteiger partial charge in [-0.1, -0.05) is 0 Å². The van der Waals surface area contributed by atoms with Gasteiger partial charge in [-0.05, 0) is 33.6 Å². The number of benzene rings is 1. The number of aromatic nitrogens is 2. The molecule has 1 aromatic carbocycles. The van der Waals surface area contributed by atoms with Gasteiger partial charge >= 0.3 is 0 Å². The molecule has 0 amide bonds. The van der Waals surface area contributed by atoms with E-state index in [4.69, 9.17) is 9.47 Å². The Hall–Kier alpha value is -1.82. The van der Waals surface area contributed by atoms with E-state index in [0.29, 0.717) is 12.5 Å². The van der Waals surface area contributed by atoms with Crippen LogP contribution in [-0.4, -0.2) is 24.2 Å². The molecule has 0 fully saturated rings. The van der Waals surface area contributed by atoms with Crippen molar-refractivity contribution in [1.82, 2.24) is 9.97 Å². The van der Waals surface area contributed by atoms with E-state index >= 15 is 0 Å². The smallest absolute Gasteiger partial charge is 0.222 e. The molecule has 6 heteroatoms. The van der Waals surface area contributed by atoms with Gasteiger partial charge < -0.3 is 14.8 Å². The Morgan fingerprint density at radius 2 is 1.63 bits per heavy atom. The van der Waals surface area contributed by atoms with Gasteiger partial charge in [-0.3, -0.25) is 0 Å². The number of halogens is 1. The van der Waals surface area contributed by atoms with E-state index in [1.165, 1.54) is 0 Å². The molecular weight excluding hydrogens is 310 g/mol. The quantitative estimate of drug-likeness (QED) is 0.916. The Morgan fingerprint density at radius 1 is 1.05 bits per heavy atom. The summed E-state index contributed by atoms with van der Waals surface area (Å²) < 4.78 is 11.3. The van der Waals surface area contributed by atoms with Gasteiger partial charge in [0.05, 0.1) is 18.7 Å². The van der Waals surface area contributed by atoms with Crippen molar-refractivity contribution in [2.24, 2.45) is 0 Å². The van der Waals surface area contributed by atoms with Crippen molar-refractivity contribution in [3.63, 3.8) is 0 Å². The first-order valence-corrected chi connectivity index (χ1v) is 6.44. The van der Waals surface area contributed by atoms with Gasteiger partial charge in [0.1, 0.15) is 11.5 Å². The maximum atomic E-state index is 5.22. The van der Waals surface area contributed by atoms with Crippen LogP contribution in [0, 0.1) is 0 Å². The molecule has 1 N–H and O–H groups in total. The van der Waals surface area contributed by atoms with E-state index < -0.39 is 0 Å². The van der Waals surface area contributed by atoms with Crippen LogP contribution in [0.4, 0.5) is 5.95 Å². The van der Waals surface area contributed by atoms with E-state index in [-0.39, 0.29) is 0 Å². The number of hydrogen-bond donors (Lipinski definition) is 1. The lowest BCUT2D eigenvalue weighted by molar-refractivity contribution is 0.393. The van der Waals surface area contributed by atoms with Crippen molar-refractivity contribution in [3.05, 3.63) is 40.6 Å². The summed E-state index contributed by atoms with van der Waals surface area (Å²) in [6.07, 6.45) is 3.39. The fourth-order valence-corrected chi connectivity index (χ4v) is 1.76. The Bertz CT molecular complexity index is 524. The van der Waals surface area contributed by atoms with Crippen molar-refractivity contribution in [1.29, 1.82) is 0 Å². The largest absolute Gasteiger partial charge is 0.497 e. The standard InChI is InChI=1S/C13H14BrN3O2/c1-18-11-3-9(4-12(5-11)19-2)6-15-13-16-7-10(14)8-17-13/h3-5,7-8H,6H2,1-2H3,(H,15,16,17). The van der Waals surface area contributed by atoms with E-state index in [2.05, 4.69) is 31.2 Å². The molecule has 0 spiro atoms. The molecule has 5 nitrogen and oxygen atoms in total. The second kappa shape index (κ2) is 6.38. The monoisotopic (exact) mass is 323 g/mol. The number of nitrogens with zero attached hydrogens (tertiary/aromatic N) is 2. The molecule has 0 bridgehead atoms. The molecule has 0 radical (unpaired) electrons. The van der Waals surface area contributed by atoms with E-state index in [1.54, 1.807) is 26.6 Å². The van der Waals surface area contributed by atoms with Gasteiger partial charge in [0.25, 0.3) is 0 Å². The molecule has 19 heavy (non-hydrogen) atoms. The van der Waals surface area contributed by atoms with Crippen molar-refractivity contribution < 1.29 is 9.47 Å². The van der Waals surface area contributed by atoms with Crippen LogP contribution in [0.15, 0.2) is 35.1 Å². The third-order valence-electron chi connectivity index (χ3n) is 2.48. The van der Waals surface area contributed by atoms with Gasteiger partial charge in [-0.25, -0.2) is 9.97 Å². The highest BCUT2D eigenvalue weighted by Gasteiger charge is 2.03. The van der Waals surface area contributed by atoms with Gasteiger partial charge in [-0.15, -0.1) is 0 Å². The molecular formula is C13H14BrN3O2. The number of rotatable bonds is 5. The van der Waals surface area contributed by atoms with Crippen LogP contribution in [0.1, 0.15) is 5.56 Å². The Labute approximate surface area is 120 Å². The SMILES string of the molecule is COc1cc(CNc2ncc(Br)cn2)cc(OC)c1. The van der Waals surface area contributed by atoms with E-state index in [9.17, 15) is 0 Å². The van der Waals surface area contributed by atoms with Crippen molar-refractivity contribution in [2.45, 2.75) is 6.54 Å². The lowest BCUT2D eigenvalue weighted by Crippen LogP contribution is -2.03. The summed E-state index contributed by atoms with van der Waals surface area (Å²) >= 11 is 3.29. The van der Waals surface area contributed by atoms with Crippen LogP contribution in [0.3, 0.4) is 0 Å². The molecule has 0 aliphatic heterocycles. The molecule has 0 unspecified atom stereocenters. The number of anilines is 1. The van der Waals surface area contributed by atoms with Crippen LogP contribution in [0.25, 0.3) is 0 Å². The summed E-state index contributed by atoms with van der Waals surface area (Å²) in [5.41, 5.74) is 1.03. The fourth-order valence-electron chi connectivity index (χ4n) is 1.55. The Kier molecular flexibility index (Phi) is 4.57. The first-order chi connectivity index (χ1) is 9.21. The van der Waals surface area contributed by atoms with Crippen LogP contribution in [-0.2, 0) is 6.54 Å². The van der Waals surface area contributed by atoms with Crippen LogP contribution in [0.5, 0.6) is 11.5 Å². The lowest BCUT2D eigenvalue weighted by Gasteiger charge is -2.09. The third kappa shape index (κ3) is 3.82. The predicted molar refractivity (Wildman–Crippen MR) is 76.6 cm³/mol. The summed E-state index contributed by atoms with van der Waals surface area (Å²) in [4.78, 5) is 8.29. The molecule has 0 aliphatic rings. The summed E-state index contributed by atoms with van der Waals surface area (Å²) in [6, 6.07) is 5.71. The van der Waals surface area contributed by atoms with Crippen molar-refractivity contribution >= 4 is 21.9 Å². The van der Waals surface area contributed by atoms with Gasteiger partial charge in [0.2, 0.25) is 5.95 Å². The number of hydrogen-bond acceptors (Lipinski definition) is 5. The average molecular weight is 324 g/mol. The molecule has 0 atom stereocenters. The third-order valence-corrected chi connectivity index (χ3v) is 2.89. The number of nitrogens with one attached hydrogen (secondary N) is 1. The lowest BCUT2D eigenvalue weighted by atomic mass is 10.2. The molecule has 0 saturated heterocycles. The highest BCUT2D eigenvalue weighted by Crippen LogP contribution is 2.22. The van der Waals surface area contributed by atoms with Gasteiger partial charge in [-0.2, -0.15) is 0 Å². The van der Waals surface area contributed by atoms with Gasteiger partial charge in [0, 0.05) is 25.0 Å². The summed E-state index contributed by atoms with van der Waals surface area (Å²) in [7, 11) is 3.26. The zero-order valence-corrected chi connectivity index (χ0v) is 12.3. The maximum Gasteiger partial charge on any atom is 0.222 e. The zero-order chi connectivity index (χ0) is 13.7. The van der Waals surface area contributed by atoms with Crippen molar-refractivity contribution in [2.75, 3.05) is 19.5 Å². The minimum absolute atomic E-state index is 0.574. The zero-order valence-electron chi connectivity index (χ0n) is 10.7. The summed E-state index contributed by atoms with van der Waals surface area (Å²) in [5, 5.41) is 3.14. The Morgan fingerprint density at radius 3 is 2.16 bits per heavy atom. The topological polar surface area (TPSA) is 56.3 Å². The van der Waals surface area contributed by atoms with Crippen LogP contribution < -0.4 is 14.8 Å². The number of methoxy groups -OCH3 is 2. The van der Waals surface area contributed by atoms with Crippen molar-refractivity contribution in [3.8, 4) is 11.5 Å². The summed E-state index contributed by atoms with van der Waals surface area (Å²) in [6.45, 7) is 0.592. The molecule has 2 rings (SSSR count). The first-order valence-electron chi connectivity index (χ1n) is 5.64. The summed E-state index contributed by atoms with van der Waals surface area (Å²) in [5.74, 6) is 2.09. The van der Waals surface area contributed by atoms with E-state index in [0.717, 1.165) is 21.5 Å². The van der Waals surface area contributed by atoms with E-state index in [1.807, 2.05) is 18.2 Å². The second-order valence-corrected chi connectivity index (χ2v) is 4.72. The minimum Gasteiger partial charge on any atom is -0.497 e. The second-order valence-electron chi connectivity index (χ2n) is 3.80. The van der Waals surface area contributed by atoms with Crippen LogP contribution >= 0.6 is 15.9 Å². The molecule has 0 saturated carbocycles. The number of ether oxygens (including phenoxy) is 2. The first kappa shape index (κ1) is 13.6. The highest BCUT2D eigenvalue weighted by molar-refractivity contribution is 9.10. The highest BCUT2D eigenvalue weighted by atomic mass is 79.9. The molecule has 1 heterocycles. The molecule has 1 aromatic heterocycles. The fraction of sp³-hybridized carbons (Fsp3) is 0.231. The molecule has 2 aromatic rings. The molecule has 0 aliphatic carbocycles. The van der Waals surface area contributed by atoms with Crippen LogP contribution in [0.2, 0.25) is 0 Å². The molecule has 100 valence electrons. The average Bonchev–Trinajstić information content (AvgIpc) is 2.46. The Balaban J connectivity index is 2.08.